The maximum Gasteiger partial charge on any atom is 0.227 e. The van der Waals surface area contributed by atoms with Gasteiger partial charge in [0.2, 0.25) is 11.8 Å². The molecule has 0 atom stereocenters. The minimum atomic E-state index is 0.563. The minimum Gasteiger partial charge on any atom is -0.436 e. The number of hydrogen-bond acceptors (Lipinski definition) is 7. The van der Waals surface area contributed by atoms with Crippen LogP contribution < -0.4 is 0 Å². The van der Waals surface area contributed by atoms with Crippen LogP contribution in [0.15, 0.2) is 294 Å². The fourth-order valence-electron chi connectivity index (χ4n) is 13.2. The number of fused-ring (bicyclic) bond motifs is 15. The van der Waals surface area contributed by atoms with E-state index in [4.69, 9.17) is 33.8 Å². The van der Waals surface area contributed by atoms with Gasteiger partial charge in [-0.05, 0) is 176 Å². The molecule has 0 aliphatic carbocycles. The van der Waals surface area contributed by atoms with Gasteiger partial charge in [0.05, 0.1) is 0 Å². The van der Waals surface area contributed by atoms with E-state index in [1.807, 2.05) is 48.5 Å². The first-order valence-electron chi connectivity index (χ1n) is 29.6. The van der Waals surface area contributed by atoms with Gasteiger partial charge >= 0.3 is 0 Å². The molecule has 0 fully saturated rings. The van der Waals surface area contributed by atoms with Gasteiger partial charge in [-0.15, -0.1) is 0 Å². The SMILES string of the molecule is c1ccc(-c2nc(-c3ccc4ccc(-c5cccc6nc(-c7cccc(-c8ccc9c%10ccc(-c%11cccc(-c%12nc%13ccccc%13o%12)c%11)cc%10c%10ccccc%10c9c8)c7)oc56)cc4c3)nc(-c3ccc4c5ccccc5c5ccccc5c4c3)n2)cc1. The van der Waals surface area contributed by atoms with Gasteiger partial charge in [0, 0.05) is 33.4 Å². The molecule has 18 aromatic rings. The monoisotopic (exact) mass is 1120 g/mol. The van der Waals surface area contributed by atoms with Crippen LogP contribution in [-0.2, 0) is 0 Å². The zero-order valence-electron chi connectivity index (χ0n) is 47.2. The maximum atomic E-state index is 6.83. The zero-order chi connectivity index (χ0) is 57.8. The topological polar surface area (TPSA) is 90.7 Å². The van der Waals surface area contributed by atoms with Gasteiger partial charge in [0.15, 0.2) is 28.6 Å². The van der Waals surface area contributed by atoms with E-state index in [0.29, 0.717) is 29.3 Å². The van der Waals surface area contributed by atoms with Crippen molar-refractivity contribution >= 4 is 97.6 Å². The molecule has 3 heterocycles. The van der Waals surface area contributed by atoms with Crippen LogP contribution in [0.3, 0.4) is 0 Å². The summed E-state index contributed by atoms with van der Waals surface area (Å²) in [6.45, 7) is 0. The van der Waals surface area contributed by atoms with Crippen molar-refractivity contribution in [2.75, 3.05) is 0 Å². The lowest BCUT2D eigenvalue weighted by Gasteiger charge is -2.14. The Kier molecular flexibility index (Phi) is 11.2. The van der Waals surface area contributed by atoms with Crippen molar-refractivity contribution in [3.05, 3.63) is 285 Å². The summed E-state index contributed by atoms with van der Waals surface area (Å²) < 4.78 is 13.0. The molecule has 0 saturated heterocycles. The van der Waals surface area contributed by atoms with E-state index < -0.39 is 0 Å². The predicted molar refractivity (Wildman–Crippen MR) is 361 cm³/mol. The molecule has 3 aromatic heterocycles. The Hall–Kier alpha value is -11.9. The Labute approximate surface area is 504 Å². The molecular weight excluding hydrogens is 1070 g/mol. The zero-order valence-corrected chi connectivity index (χ0v) is 47.2. The Morgan fingerprint density at radius 2 is 0.591 bits per heavy atom. The van der Waals surface area contributed by atoms with Crippen LogP contribution in [0.1, 0.15) is 0 Å². The number of benzene rings is 15. The maximum absolute atomic E-state index is 6.83. The Morgan fingerprint density at radius 3 is 1.18 bits per heavy atom. The molecule has 0 aliphatic rings. The van der Waals surface area contributed by atoms with Gasteiger partial charge in [-0.3, -0.25) is 0 Å². The van der Waals surface area contributed by atoms with E-state index in [9.17, 15) is 0 Å². The third-order valence-electron chi connectivity index (χ3n) is 17.5. The van der Waals surface area contributed by atoms with Crippen LogP contribution in [-0.4, -0.2) is 24.9 Å². The van der Waals surface area contributed by atoms with Crippen molar-refractivity contribution in [3.8, 4) is 90.5 Å². The summed E-state index contributed by atoms with van der Waals surface area (Å²) in [4.78, 5) is 25.4. The number of rotatable bonds is 8. The highest BCUT2D eigenvalue weighted by atomic mass is 16.4. The molecule has 0 spiro atoms. The molecule has 15 aromatic carbocycles. The van der Waals surface area contributed by atoms with E-state index in [-0.39, 0.29) is 0 Å². The Morgan fingerprint density at radius 1 is 0.205 bits per heavy atom. The van der Waals surface area contributed by atoms with E-state index in [2.05, 4.69) is 237 Å². The number of para-hydroxylation sites is 3. The van der Waals surface area contributed by atoms with Crippen LogP contribution in [0, 0.1) is 0 Å². The van der Waals surface area contributed by atoms with Crippen molar-refractivity contribution in [2.24, 2.45) is 0 Å². The molecule has 0 N–H and O–H groups in total. The van der Waals surface area contributed by atoms with Gasteiger partial charge in [0.1, 0.15) is 11.0 Å². The average Bonchev–Trinajstić information content (AvgIpc) is 1.38. The lowest BCUT2D eigenvalue weighted by atomic mass is 9.90. The van der Waals surface area contributed by atoms with Crippen molar-refractivity contribution in [1.82, 2.24) is 24.9 Å². The first-order chi connectivity index (χ1) is 43.5. The molecule has 7 heteroatoms. The van der Waals surface area contributed by atoms with Crippen LogP contribution >= 0.6 is 0 Å². The van der Waals surface area contributed by atoms with Crippen molar-refractivity contribution < 1.29 is 8.83 Å². The van der Waals surface area contributed by atoms with Gasteiger partial charge < -0.3 is 8.83 Å². The summed E-state index contributed by atoms with van der Waals surface area (Å²) in [5.41, 5.74) is 14.1. The highest BCUT2D eigenvalue weighted by Crippen LogP contribution is 2.43. The van der Waals surface area contributed by atoms with Crippen molar-refractivity contribution in [2.45, 2.75) is 0 Å². The molecule has 18 rings (SSSR count). The number of aromatic nitrogens is 5. The lowest BCUT2D eigenvalue weighted by molar-refractivity contribution is 0.619. The number of oxazole rings is 2. The van der Waals surface area contributed by atoms with E-state index >= 15 is 0 Å². The molecule has 0 amide bonds. The normalized spacial score (nSPS) is 11.9. The van der Waals surface area contributed by atoms with Gasteiger partial charge in [-0.1, -0.05) is 212 Å². The third-order valence-corrected chi connectivity index (χ3v) is 17.5. The van der Waals surface area contributed by atoms with Crippen molar-refractivity contribution in [1.29, 1.82) is 0 Å². The molecular formula is C81H47N5O2. The van der Waals surface area contributed by atoms with Crippen molar-refractivity contribution in [3.63, 3.8) is 0 Å². The second-order valence-electron chi connectivity index (χ2n) is 22.7. The van der Waals surface area contributed by atoms with E-state index in [1.165, 1.54) is 59.2 Å². The number of nitrogens with zero attached hydrogens (tertiary/aromatic N) is 5. The molecule has 0 aliphatic heterocycles. The molecule has 88 heavy (non-hydrogen) atoms. The first-order valence-corrected chi connectivity index (χ1v) is 29.6. The average molecular weight is 1120 g/mol. The smallest absolute Gasteiger partial charge is 0.227 e. The van der Waals surface area contributed by atoms with Crippen LogP contribution in [0.4, 0.5) is 0 Å². The highest BCUT2D eigenvalue weighted by molar-refractivity contribution is 6.27. The Balaban J connectivity index is 0.677. The quantitative estimate of drug-likeness (QED) is 0.140. The fourth-order valence-corrected chi connectivity index (χ4v) is 13.2. The third kappa shape index (κ3) is 8.24. The lowest BCUT2D eigenvalue weighted by Crippen LogP contribution is -2.00. The van der Waals surface area contributed by atoms with Gasteiger partial charge in [-0.25, -0.2) is 24.9 Å². The largest absolute Gasteiger partial charge is 0.436 e. The summed E-state index contributed by atoms with van der Waals surface area (Å²) in [6, 6.07) is 101. The van der Waals surface area contributed by atoms with Crippen LogP contribution in [0.25, 0.3) is 188 Å². The fraction of sp³-hybridized carbons (Fsp3) is 0. The second-order valence-corrected chi connectivity index (χ2v) is 22.7. The molecule has 408 valence electrons. The van der Waals surface area contributed by atoms with Gasteiger partial charge in [0.25, 0.3) is 0 Å². The molecule has 0 unspecified atom stereocenters. The van der Waals surface area contributed by atoms with Gasteiger partial charge in [-0.2, -0.15) is 0 Å². The summed E-state index contributed by atoms with van der Waals surface area (Å²) in [7, 11) is 0. The standard InChI is InChI=1S/C81H47N5O2/c1-2-15-49(16-3-1)77-84-78(86-79(85-77)56-37-40-67-63-23-5-4-21-61(63)62-22-6-7-24-64(62)72(67)47-56)55-34-32-48-31-33-54(43-59(48)44-55)60-27-14-29-74-76(60)88-81(83-74)58-20-13-18-51(42-58)53-36-39-69-68-38-35-52(45-70(68)65-25-8-9-26-66(65)71(69)46-53)50-17-12-19-57(41-50)80-82-73-28-10-11-30-75(73)87-80/h1-47H. The molecule has 0 radical (unpaired) electrons. The number of hydrogen-bond donors (Lipinski definition) is 0. The minimum absolute atomic E-state index is 0.563. The first kappa shape index (κ1) is 49.5. The summed E-state index contributed by atoms with van der Waals surface area (Å²) >= 11 is 0. The summed E-state index contributed by atoms with van der Waals surface area (Å²) in [5, 5.41) is 16.6. The summed E-state index contributed by atoms with van der Waals surface area (Å²) in [6.07, 6.45) is 0. The van der Waals surface area contributed by atoms with E-state index in [0.717, 1.165) is 99.6 Å². The van der Waals surface area contributed by atoms with Crippen LogP contribution in [0.5, 0.6) is 0 Å². The van der Waals surface area contributed by atoms with Crippen LogP contribution in [0.2, 0.25) is 0 Å². The molecule has 0 saturated carbocycles. The Bertz CT molecular complexity index is 5820. The molecule has 0 bridgehead atoms. The second kappa shape index (κ2) is 19.8. The van der Waals surface area contributed by atoms with E-state index in [1.54, 1.807) is 0 Å². The molecule has 7 nitrogen and oxygen atoms in total. The highest BCUT2D eigenvalue weighted by Gasteiger charge is 2.20. The summed E-state index contributed by atoms with van der Waals surface area (Å²) in [5.74, 6) is 3.00. The predicted octanol–water partition coefficient (Wildman–Crippen LogP) is 21.6.